The van der Waals surface area contributed by atoms with E-state index in [4.69, 9.17) is 11.6 Å². The van der Waals surface area contributed by atoms with Crippen molar-refractivity contribution in [3.8, 4) is 0 Å². The zero-order valence-corrected chi connectivity index (χ0v) is 9.55. The lowest BCUT2D eigenvalue weighted by Crippen LogP contribution is -2.24. The standard InChI is InChI=1S/C11H15ClN2O/c1-9-8-10(4-7-13-9)11(15)14-6-3-2-5-12/h4,7-8H,2-3,5-6H2,1H3,(H,14,15). The molecule has 0 saturated heterocycles. The lowest BCUT2D eigenvalue weighted by molar-refractivity contribution is 0.0953. The van der Waals surface area contributed by atoms with Gasteiger partial charge in [-0.2, -0.15) is 0 Å². The van der Waals surface area contributed by atoms with Crippen LogP contribution in [0, 0.1) is 6.92 Å². The summed E-state index contributed by atoms with van der Waals surface area (Å²) in [7, 11) is 0. The predicted molar refractivity (Wildman–Crippen MR) is 61.3 cm³/mol. The number of pyridine rings is 1. The van der Waals surface area contributed by atoms with E-state index in [1.165, 1.54) is 0 Å². The van der Waals surface area contributed by atoms with E-state index in [0.29, 0.717) is 18.0 Å². The molecule has 0 radical (unpaired) electrons. The van der Waals surface area contributed by atoms with Crippen molar-refractivity contribution in [2.75, 3.05) is 12.4 Å². The number of aromatic nitrogens is 1. The van der Waals surface area contributed by atoms with Gasteiger partial charge < -0.3 is 5.32 Å². The molecule has 0 unspecified atom stereocenters. The number of halogens is 1. The molecule has 0 aliphatic heterocycles. The van der Waals surface area contributed by atoms with Crippen LogP contribution >= 0.6 is 11.6 Å². The van der Waals surface area contributed by atoms with E-state index in [0.717, 1.165) is 18.5 Å². The molecule has 0 aliphatic carbocycles. The lowest BCUT2D eigenvalue weighted by Gasteiger charge is -2.04. The summed E-state index contributed by atoms with van der Waals surface area (Å²) in [6.07, 6.45) is 3.49. The molecule has 15 heavy (non-hydrogen) atoms. The summed E-state index contributed by atoms with van der Waals surface area (Å²) in [5, 5.41) is 2.84. The van der Waals surface area contributed by atoms with Crippen molar-refractivity contribution in [2.45, 2.75) is 19.8 Å². The van der Waals surface area contributed by atoms with Gasteiger partial charge in [0.25, 0.3) is 5.91 Å². The second-order valence-electron chi connectivity index (χ2n) is 3.34. The number of nitrogens with zero attached hydrogens (tertiary/aromatic N) is 1. The van der Waals surface area contributed by atoms with Crippen LogP contribution in [-0.4, -0.2) is 23.3 Å². The molecule has 0 atom stereocenters. The Bertz CT molecular complexity index is 328. The zero-order chi connectivity index (χ0) is 11.1. The summed E-state index contributed by atoms with van der Waals surface area (Å²) in [4.78, 5) is 15.6. The number of aryl methyl sites for hydroxylation is 1. The molecule has 0 saturated carbocycles. The van der Waals surface area contributed by atoms with Crippen LogP contribution in [0.15, 0.2) is 18.3 Å². The fourth-order valence-electron chi connectivity index (χ4n) is 1.21. The maximum absolute atomic E-state index is 11.6. The highest BCUT2D eigenvalue weighted by molar-refractivity contribution is 6.17. The van der Waals surface area contributed by atoms with E-state index in [2.05, 4.69) is 10.3 Å². The molecule has 0 aromatic carbocycles. The molecule has 1 N–H and O–H groups in total. The summed E-state index contributed by atoms with van der Waals surface area (Å²) in [5.41, 5.74) is 1.51. The van der Waals surface area contributed by atoms with Crippen molar-refractivity contribution in [1.82, 2.24) is 10.3 Å². The van der Waals surface area contributed by atoms with Crippen molar-refractivity contribution >= 4 is 17.5 Å². The maximum atomic E-state index is 11.6. The molecular weight excluding hydrogens is 212 g/mol. The van der Waals surface area contributed by atoms with Crippen LogP contribution < -0.4 is 5.32 Å². The molecule has 1 aromatic rings. The lowest BCUT2D eigenvalue weighted by atomic mass is 10.2. The number of carbonyl (C=O) groups is 1. The number of rotatable bonds is 5. The minimum Gasteiger partial charge on any atom is -0.352 e. The molecule has 0 fully saturated rings. The highest BCUT2D eigenvalue weighted by Crippen LogP contribution is 2.00. The number of alkyl halides is 1. The molecule has 0 spiro atoms. The molecule has 1 rings (SSSR count). The van der Waals surface area contributed by atoms with Crippen molar-refractivity contribution in [3.05, 3.63) is 29.6 Å². The molecule has 82 valence electrons. The van der Waals surface area contributed by atoms with E-state index in [-0.39, 0.29) is 5.91 Å². The van der Waals surface area contributed by atoms with Crippen molar-refractivity contribution in [3.63, 3.8) is 0 Å². The quantitative estimate of drug-likeness (QED) is 0.618. The van der Waals surface area contributed by atoms with Gasteiger partial charge in [-0.1, -0.05) is 0 Å². The van der Waals surface area contributed by atoms with Crippen molar-refractivity contribution < 1.29 is 4.79 Å². The first-order valence-electron chi connectivity index (χ1n) is 5.01. The van der Waals surface area contributed by atoms with Gasteiger partial charge in [0.1, 0.15) is 0 Å². The molecule has 4 heteroatoms. The number of hydrogen-bond acceptors (Lipinski definition) is 2. The average Bonchev–Trinajstić information content (AvgIpc) is 2.24. The predicted octanol–water partition coefficient (Wildman–Crippen LogP) is 2.14. The normalized spacial score (nSPS) is 10.0. The Hall–Kier alpha value is -1.09. The molecule has 1 heterocycles. The van der Waals surface area contributed by atoms with Crippen LogP contribution in [0.25, 0.3) is 0 Å². The van der Waals surface area contributed by atoms with Crippen LogP contribution in [0.1, 0.15) is 28.9 Å². The number of unbranched alkanes of at least 4 members (excludes halogenated alkanes) is 1. The fraction of sp³-hybridized carbons (Fsp3) is 0.455. The van der Waals surface area contributed by atoms with Gasteiger partial charge in [-0.15, -0.1) is 11.6 Å². The SMILES string of the molecule is Cc1cc(C(=O)NCCCCCl)ccn1. The van der Waals surface area contributed by atoms with E-state index in [1.54, 1.807) is 18.3 Å². The van der Waals surface area contributed by atoms with Gasteiger partial charge in [0.2, 0.25) is 0 Å². The van der Waals surface area contributed by atoms with E-state index in [1.807, 2.05) is 6.92 Å². The van der Waals surface area contributed by atoms with E-state index < -0.39 is 0 Å². The number of nitrogens with one attached hydrogen (secondary N) is 1. The molecule has 1 aromatic heterocycles. The fourth-order valence-corrected chi connectivity index (χ4v) is 1.40. The van der Waals surface area contributed by atoms with E-state index >= 15 is 0 Å². The van der Waals surface area contributed by atoms with Gasteiger partial charge in [-0.3, -0.25) is 9.78 Å². The summed E-state index contributed by atoms with van der Waals surface area (Å²) < 4.78 is 0. The van der Waals surface area contributed by atoms with Crippen molar-refractivity contribution in [2.24, 2.45) is 0 Å². The molecule has 3 nitrogen and oxygen atoms in total. The third-order valence-electron chi connectivity index (χ3n) is 2.00. The largest absolute Gasteiger partial charge is 0.352 e. The van der Waals surface area contributed by atoms with Gasteiger partial charge in [-0.25, -0.2) is 0 Å². The monoisotopic (exact) mass is 226 g/mol. The second-order valence-corrected chi connectivity index (χ2v) is 3.72. The third kappa shape index (κ3) is 4.30. The Balaban J connectivity index is 2.40. The van der Waals surface area contributed by atoms with Gasteiger partial charge in [0.15, 0.2) is 0 Å². The Labute approximate surface area is 94.9 Å². The topological polar surface area (TPSA) is 42.0 Å². The minimum absolute atomic E-state index is 0.0462. The van der Waals surface area contributed by atoms with Crippen molar-refractivity contribution in [1.29, 1.82) is 0 Å². The van der Waals surface area contributed by atoms with Gasteiger partial charge in [-0.05, 0) is 31.9 Å². The summed E-state index contributed by atoms with van der Waals surface area (Å²) in [6.45, 7) is 2.54. The molecule has 0 aliphatic rings. The first-order chi connectivity index (χ1) is 7.24. The Morgan fingerprint density at radius 1 is 1.53 bits per heavy atom. The Kier molecular flexibility index (Phi) is 5.12. The smallest absolute Gasteiger partial charge is 0.251 e. The Morgan fingerprint density at radius 2 is 2.33 bits per heavy atom. The van der Waals surface area contributed by atoms with E-state index in [9.17, 15) is 4.79 Å². The summed E-state index contributed by atoms with van der Waals surface area (Å²) in [6, 6.07) is 3.49. The van der Waals surface area contributed by atoms with Gasteiger partial charge in [0.05, 0.1) is 0 Å². The van der Waals surface area contributed by atoms with Crippen LogP contribution in [0.5, 0.6) is 0 Å². The minimum atomic E-state index is -0.0462. The number of carbonyl (C=O) groups excluding carboxylic acids is 1. The summed E-state index contributed by atoms with van der Waals surface area (Å²) >= 11 is 5.53. The van der Waals surface area contributed by atoms with Gasteiger partial charge in [0, 0.05) is 29.9 Å². The number of hydrogen-bond donors (Lipinski definition) is 1. The molecule has 1 amide bonds. The highest BCUT2D eigenvalue weighted by atomic mass is 35.5. The highest BCUT2D eigenvalue weighted by Gasteiger charge is 2.04. The summed E-state index contributed by atoms with van der Waals surface area (Å²) in [5.74, 6) is 0.597. The van der Waals surface area contributed by atoms with Crippen LogP contribution in [-0.2, 0) is 0 Å². The molecule has 0 bridgehead atoms. The first-order valence-corrected chi connectivity index (χ1v) is 5.54. The maximum Gasteiger partial charge on any atom is 0.251 e. The number of amides is 1. The second kappa shape index (κ2) is 6.40. The Morgan fingerprint density at radius 3 is 3.00 bits per heavy atom. The first kappa shape index (κ1) is 12.0. The zero-order valence-electron chi connectivity index (χ0n) is 8.79. The van der Waals surface area contributed by atoms with Crippen LogP contribution in [0.3, 0.4) is 0 Å². The average molecular weight is 227 g/mol. The third-order valence-corrected chi connectivity index (χ3v) is 2.27. The molecular formula is C11H15ClN2O. The van der Waals surface area contributed by atoms with Gasteiger partial charge >= 0.3 is 0 Å². The van der Waals surface area contributed by atoms with Crippen LogP contribution in [0.2, 0.25) is 0 Å². The van der Waals surface area contributed by atoms with Crippen LogP contribution in [0.4, 0.5) is 0 Å².